The third-order valence-corrected chi connectivity index (χ3v) is 2.25. The Balaban J connectivity index is 2.52. The maximum atomic E-state index is 11.4. The summed E-state index contributed by atoms with van der Waals surface area (Å²) in [7, 11) is 0. The average Bonchev–Trinajstić information content (AvgIpc) is 2.16. The number of carbonyl (C=O) groups excluding carboxylic acids is 1. The number of carbonyl (C=O) groups is 1. The predicted molar refractivity (Wildman–Crippen MR) is 47.7 cm³/mol. The van der Waals surface area contributed by atoms with Crippen molar-refractivity contribution in [3.8, 4) is 0 Å². The molecule has 1 unspecified atom stereocenters. The second-order valence-corrected chi connectivity index (χ2v) is 3.03. The molecule has 0 aliphatic carbocycles. The van der Waals surface area contributed by atoms with Crippen LogP contribution in [0, 0.1) is 0 Å². The third kappa shape index (κ3) is 1.95. The molecule has 4 heteroatoms. The van der Waals surface area contributed by atoms with Gasteiger partial charge in [0.05, 0.1) is 6.04 Å². The SMILES string of the molecule is CCC(=O)N1CCNCC1CN. The van der Waals surface area contributed by atoms with Gasteiger partial charge < -0.3 is 16.0 Å². The van der Waals surface area contributed by atoms with Crippen LogP contribution in [0.2, 0.25) is 0 Å². The molecule has 1 rings (SSSR count). The lowest BCUT2D eigenvalue weighted by Gasteiger charge is -2.35. The normalized spacial score (nSPS) is 24.2. The summed E-state index contributed by atoms with van der Waals surface area (Å²) in [6.07, 6.45) is 0.580. The monoisotopic (exact) mass is 171 g/mol. The van der Waals surface area contributed by atoms with E-state index in [9.17, 15) is 4.79 Å². The highest BCUT2D eigenvalue weighted by molar-refractivity contribution is 5.76. The number of hydrogen-bond acceptors (Lipinski definition) is 3. The Morgan fingerprint density at radius 1 is 1.75 bits per heavy atom. The summed E-state index contributed by atoms with van der Waals surface area (Å²) in [5, 5.41) is 3.22. The van der Waals surface area contributed by atoms with Gasteiger partial charge in [0.1, 0.15) is 0 Å². The Morgan fingerprint density at radius 3 is 3.08 bits per heavy atom. The fourth-order valence-corrected chi connectivity index (χ4v) is 1.50. The van der Waals surface area contributed by atoms with E-state index in [-0.39, 0.29) is 11.9 Å². The number of nitrogens with one attached hydrogen (secondary N) is 1. The molecule has 0 saturated carbocycles. The second kappa shape index (κ2) is 4.42. The Bertz CT molecular complexity index is 160. The van der Waals surface area contributed by atoms with E-state index < -0.39 is 0 Å². The molecule has 1 saturated heterocycles. The van der Waals surface area contributed by atoms with Crippen LogP contribution in [0.5, 0.6) is 0 Å². The van der Waals surface area contributed by atoms with E-state index in [1.54, 1.807) is 0 Å². The zero-order valence-electron chi connectivity index (χ0n) is 7.55. The molecule has 3 N–H and O–H groups in total. The zero-order valence-corrected chi connectivity index (χ0v) is 7.55. The van der Waals surface area contributed by atoms with Gasteiger partial charge in [-0.1, -0.05) is 6.92 Å². The van der Waals surface area contributed by atoms with Crippen molar-refractivity contribution < 1.29 is 4.79 Å². The molecule has 1 aliphatic rings. The topological polar surface area (TPSA) is 58.4 Å². The van der Waals surface area contributed by atoms with Gasteiger partial charge in [-0.3, -0.25) is 4.79 Å². The number of amides is 1. The third-order valence-electron chi connectivity index (χ3n) is 2.25. The molecule has 0 aromatic heterocycles. The lowest BCUT2D eigenvalue weighted by Crippen LogP contribution is -2.56. The summed E-state index contributed by atoms with van der Waals surface area (Å²) in [6.45, 7) is 4.97. The van der Waals surface area contributed by atoms with Crippen molar-refractivity contribution in [2.45, 2.75) is 19.4 Å². The van der Waals surface area contributed by atoms with Crippen LogP contribution >= 0.6 is 0 Å². The molecule has 1 aliphatic heterocycles. The first-order valence-corrected chi connectivity index (χ1v) is 4.49. The predicted octanol–water partition coefficient (Wildman–Crippen LogP) is -0.844. The summed E-state index contributed by atoms with van der Waals surface area (Å²) in [6, 6.07) is 0.200. The number of nitrogens with zero attached hydrogens (tertiary/aromatic N) is 1. The smallest absolute Gasteiger partial charge is 0.222 e. The highest BCUT2D eigenvalue weighted by Crippen LogP contribution is 2.03. The van der Waals surface area contributed by atoms with Crippen molar-refractivity contribution in [1.82, 2.24) is 10.2 Å². The number of hydrogen-bond donors (Lipinski definition) is 2. The lowest BCUT2D eigenvalue weighted by atomic mass is 10.2. The molecule has 0 radical (unpaired) electrons. The molecular formula is C8H17N3O. The summed E-state index contributed by atoms with van der Waals surface area (Å²) < 4.78 is 0. The first-order chi connectivity index (χ1) is 5.79. The summed E-state index contributed by atoms with van der Waals surface area (Å²) in [5.74, 6) is 0.215. The van der Waals surface area contributed by atoms with Gasteiger partial charge in [-0.15, -0.1) is 0 Å². The van der Waals surface area contributed by atoms with E-state index in [4.69, 9.17) is 5.73 Å². The Labute approximate surface area is 73.1 Å². The Hall–Kier alpha value is -0.610. The molecule has 12 heavy (non-hydrogen) atoms. The van der Waals surface area contributed by atoms with Gasteiger partial charge in [0, 0.05) is 32.6 Å². The molecule has 1 heterocycles. The minimum absolute atomic E-state index is 0.200. The molecule has 0 aromatic carbocycles. The molecule has 4 nitrogen and oxygen atoms in total. The van der Waals surface area contributed by atoms with Crippen LogP contribution in [0.15, 0.2) is 0 Å². The molecule has 1 atom stereocenters. The minimum Gasteiger partial charge on any atom is -0.336 e. The van der Waals surface area contributed by atoms with Gasteiger partial charge in [0.2, 0.25) is 5.91 Å². The van der Waals surface area contributed by atoms with Crippen LogP contribution in [0.25, 0.3) is 0 Å². The number of rotatable bonds is 2. The van der Waals surface area contributed by atoms with Crippen molar-refractivity contribution in [1.29, 1.82) is 0 Å². The molecule has 1 fully saturated rings. The van der Waals surface area contributed by atoms with Gasteiger partial charge in [0.25, 0.3) is 0 Å². The van der Waals surface area contributed by atoms with Crippen molar-refractivity contribution in [2.24, 2.45) is 5.73 Å². The van der Waals surface area contributed by atoms with E-state index in [2.05, 4.69) is 5.32 Å². The zero-order chi connectivity index (χ0) is 8.97. The van der Waals surface area contributed by atoms with Gasteiger partial charge in [-0.25, -0.2) is 0 Å². The van der Waals surface area contributed by atoms with Crippen molar-refractivity contribution in [2.75, 3.05) is 26.2 Å². The van der Waals surface area contributed by atoms with E-state index in [0.717, 1.165) is 19.6 Å². The van der Waals surface area contributed by atoms with Crippen LogP contribution in [0.3, 0.4) is 0 Å². The van der Waals surface area contributed by atoms with Crippen LogP contribution in [0.4, 0.5) is 0 Å². The first kappa shape index (κ1) is 9.48. The summed E-state index contributed by atoms with van der Waals surface area (Å²) >= 11 is 0. The highest BCUT2D eigenvalue weighted by atomic mass is 16.2. The molecule has 0 spiro atoms. The Kier molecular flexibility index (Phi) is 3.49. The largest absolute Gasteiger partial charge is 0.336 e. The van der Waals surface area contributed by atoms with Gasteiger partial charge in [0.15, 0.2) is 0 Å². The van der Waals surface area contributed by atoms with Crippen molar-refractivity contribution >= 4 is 5.91 Å². The van der Waals surface area contributed by atoms with Crippen LogP contribution in [-0.2, 0) is 4.79 Å². The van der Waals surface area contributed by atoms with Gasteiger partial charge in [-0.2, -0.15) is 0 Å². The number of nitrogens with two attached hydrogens (primary N) is 1. The molecule has 1 amide bonds. The van der Waals surface area contributed by atoms with Gasteiger partial charge >= 0.3 is 0 Å². The van der Waals surface area contributed by atoms with E-state index in [0.29, 0.717) is 13.0 Å². The molecule has 0 aromatic rings. The van der Waals surface area contributed by atoms with Gasteiger partial charge in [-0.05, 0) is 0 Å². The molecule has 0 bridgehead atoms. The minimum atomic E-state index is 0.200. The summed E-state index contributed by atoms with van der Waals surface area (Å²) in [4.78, 5) is 13.3. The highest BCUT2D eigenvalue weighted by Gasteiger charge is 2.23. The standard InChI is InChI=1S/C8H17N3O/c1-2-8(12)11-4-3-10-6-7(11)5-9/h7,10H,2-6,9H2,1H3. The van der Waals surface area contributed by atoms with Crippen molar-refractivity contribution in [3.63, 3.8) is 0 Å². The quantitative estimate of drug-likeness (QED) is 0.569. The average molecular weight is 171 g/mol. The molecular weight excluding hydrogens is 154 g/mol. The van der Waals surface area contributed by atoms with E-state index in [1.165, 1.54) is 0 Å². The fourth-order valence-electron chi connectivity index (χ4n) is 1.50. The van der Waals surface area contributed by atoms with E-state index in [1.807, 2.05) is 11.8 Å². The van der Waals surface area contributed by atoms with Crippen molar-refractivity contribution in [3.05, 3.63) is 0 Å². The Morgan fingerprint density at radius 2 is 2.50 bits per heavy atom. The number of piperazine rings is 1. The maximum Gasteiger partial charge on any atom is 0.222 e. The van der Waals surface area contributed by atoms with Crippen LogP contribution in [0.1, 0.15) is 13.3 Å². The second-order valence-electron chi connectivity index (χ2n) is 3.03. The molecule has 70 valence electrons. The summed E-state index contributed by atoms with van der Waals surface area (Å²) in [5.41, 5.74) is 5.55. The fraction of sp³-hybridized carbons (Fsp3) is 0.875. The lowest BCUT2D eigenvalue weighted by molar-refractivity contribution is -0.133. The van der Waals surface area contributed by atoms with E-state index >= 15 is 0 Å². The maximum absolute atomic E-state index is 11.4. The van der Waals surface area contributed by atoms with Crippen LogP contribution in [-0.4, -0.2) is 43.0 Å². The first-order valence-electron chi connectivity index (χ1n) is 4.49. The van der Waals surface area contributed by atoms with Crippen LogP contribution < -0.4 is 11.1 Å².